The minimum absolute atomic E-state index is 0.0347. The van der Waals surface area contributed by atoms with Crippen LogP contribution in [0.5, 0.6) is 0 Å². The van der Waals surface area contributed by atoms with E-state index in [0.29, 0.717) is 0 Å². The van der Waals surface area contributed by atoms with Gasteiger partial charge in [0, 0.05) is 18.9 Å². The Kier molecular flexibility index (Phi) is 2.94. The van der Waals surface area contributed by atoms with Crippen LogP contribution in [0.15, 0.2) is 0 Å². The van der Waals surface area contributed by atoms with Crippen molar-refractivity contribution >= 4 is 17.8 Å². The standard InChI is InChI=1S/C11H15NO4/c13-9(14)5-6-12-10(15)7-3-1-2-4-8(7)11(12)16/h7-8H,1-6H2,(H,13,14)/p-1. The summed E-state index contributed by atoms with van der Waals surface area (Å²) in [5.41, 5.74) is 0. The van der Waals surface area contributed by atoms with E-state index in [1.54, 1.807) is 0 Å². The van der Waals surface area contributed by atoms with E-state index in [2.05, 4.69) is 0 Å². The number of likely N-dealkylation sites (tertiary alicyclic amines) is 1. The van der Waals surface area contributed by atoms with Crippen molar-refractivity contribution in [2.45, 2.75) is 32.1 Å². The summed E-state index contributed by atoms with van der Waals surface area (Å²) in [7, 11) is 0. The molecule has 1 aliphatic carbocycles. The van der Waals surface area contributed by atoms with Gasteiger partial charge in [0.15, 0.2) is 0 Å². The zero-order chi connectivity index (χ0) is 11.7. The third-order valence-corrected chi connectivity index (χ3v) is 3.47. The van der Waals surface area contributed by atoms with Crippen LogP contribution >= 0.6 is 0 Å². The van der Waals surface area contributed by atoms with Crippen LogP contribution in [0.25, 0.3) is 0 Å². The molecule has 0 aromatic rings. The van der Waals surface area contributed by atoms with E-state index in [9.17, 15) is 19.5 Å². The lowest BCUT2D eigenvalue weighted by molar-refractivity contribution is -0.305. The van der Waals surface area contributed by atoms with Crippen molar-refractivity contribution in [2.24, 2.45) is 11.8 Å². The Morgan fingerprint density at radius 1 is 1.19 bits per heavy atom. The van der Waals surface area contributed by atoms with Crippen molar-refractivity contribution in [3.63, 3.8) is 0 Å². The van der Waals surface area contributed by atoms with Gasteiger partial charge in [-0.25, -0.2) is 0 Å². The third kappa shape index (κ3) is 1.81. The number of rotatable bonds is 3. The van der Waals surface area contributed by atoms with Crippen LogP contribution in [-0.4, -0.2) is 29.2 Å². The van der Waals surface area contributed by atoms with Crippen molar-refractivity contribution in [1.29, 1.82) is 0 Å². The first-order chi connectivity index (χ1) is 7.61. The molecule has 5 heteroatoms. The summed E-state index contributed by atoms with van der Waals surface area (Å²) in [6, 6.07) is 0. The Morgan fingerprint density at radius 2 is 1.69 bits per heavy atom. The molecule has 1 aliphatic heterocycles. The zero-order valence-electron chi connectivity index (χ0n) is 8.98. The summed E-state index contributed by atoms with van der Waals surface area (Å²) < 4.78 is 0. The number of nitrogens with zero attached hydrogens (tertiary/aromatic N) is 1. The lowest BCUT2D eigenvalue weighted by Crippen LogP contribution is -2.35. The fraction of sp³-hybridized carbons (Fsp3) is 0.727. The number of hydrogen-bond acceptors (Lipinski definition) is 4. The molecule has 16 heavy (non-hydrogen) atoms. The third-order valence-electron chi connectivity index (χ3n) is 3.47. The normalized spacial score (nSPS) is 29.4. The molecule has 2 fully saturated rings. The molecule has 88 valence electrons. The van der Waals surface area contributed by atoms with E-state index in [-0.39, 0.29) is 36.6 Å². The minimum Gasteiger partial charge on any atom is -0.550 e. The highest BCUT2D eigenvalue weighted by molar-refractivity contribution is 6.05. The number of amides is 2. The maximum absolute atomic E-state index is 11.9. The van der Waals surface area contributed by atoms with Gasteiger partial charge in [-0.1, -0.05) is 12.8 Å². The van der Waals surface area contributed by atoms with Crippen LogP contribution in [0.4, 0.5) is 0 Å². The summed E-state index contributed by atoms with van der Waals surface area (Å²) in [6.45, 7) is -0.0347. The predicted molar refractivity (Wildman–Crippen MR) is 51.8 cm³/mol. The first-order valence-electron chi connectivity index (χ1n) is 5.66. The van der Waals surface area contributed by atoms with Gasteiger partial charge < -0.3 is 9.90 Å². The smallest absolute Gasteiger partial charge is 0.233 e. The molecule has 1 heterocycles. The highest BCUT2D eigenvalue weighted by Crippen LogP contribution is 2.37. The molecule has 0 spiro atoms. The Morgan fingerprint density at radius 3 is 2.12 bits per heavy atom. The molecule has 1 saturated carbocycles. The van der Waals surface area contributed by atoms with E-state index < -0.39 is 5.97 Å². The molecule has 1 saturated heterocycles. The van der Waals surface area contributed by atoms with Gasteiger partial charge in [-0.15, -0.1) is 0 Å². The van der Waals surface area contributed by atoms with Crippen LogP contribution in [0.1, 0.15) is 32.1 Å². The van der Waals surface area contributed by atoms with Crippen molar-refractivity contribution in [1.82, 2.24) is 4.90 Å². The van der Waals surface area contributed by atoms with E-state index in [1.165, 1.54) is 0 Å². The Labute approximate surface area is 93.4 Å². The van der Waals surface area contributed by atoms with Gasteiger partial charge in [0.05, 0.1) is 11.8 Å². The number of carbonyl (C=O) groups excluding carboxylic acids is 3. The molecule has 2 amide bonds. The average Bonchev–Trinajstić information content (AvgIpc) is 2.50. The summed E-state index contributed by atoms with van der Waals surface area (Å²) in [5.74, 6) is -1.98. The molecule has 2 rings (SSSR count). The Balaban J connectivity index is 2.06. The second kappa shape index (κ2) is 4.23. The second-order valence-corrected chi connectivity index (χ2v) is 4.45. The molecule has 2 atom stereocenters. The summed E-state index contributed by atoms with van der Waals surface area (Å²) in [5, 5.41) is 10.3. The molecular weight excluding hydrogens is 210 g/mol. The quantitative estimate of drug-likeness (QED) is 0.594. The highest BCUT2D eigenvalue weighted by atomic mass is 16.4. The molecule has 0 aromatic heterocycles. The van der Waals surface area contributed by atoms with Gasteiger partial charge in [0.25, 0.3) is 0 Å². The fourth-order valence-corrected chi connectivity index (χ4v) is 2.65. The maximum Gasteiger partial charge on any atom is 0.233 e. The molecular formula is C11H14NO4-. The van der Waals surface area contributed by atoms with Crippen LogP contribution in [0.3, 0.4) is 0 Å². The van der Waals surface area contributed by atoms with Gasteiger partial charge in [-0.2, -0.15) is 0 Å². The number of carboxylic acid groups (broad SMARTS) is 1. The van der Waals surface area contributed by atoms with Gasteiger partial charge in [0.2, 0.25) is 11.8 Å². The molecule has 2 unspecified atom stereocenters. The minimum atomic E-state index is -1.23. The van der Waals surface area contributed by atoms with Crippen molar-refractivity contribution in [3.8, 4) is 0 Å². The Bertz CT molecular complexity index is 315. The van der Waals surface area contributed by atoms with Gasteiger partial charge in [0.1, 0.15) is 0 Å². The summed E-state index contributed by atoms with van der Waals surface area (Å²) in [4.78, 5) is 35.1. The monoisotopic (exact) mass is 224 g/mol. The van der Waals surface area contributed by atoms with Gasteiger partial charge in [-0.05, 0) is 12.8 Å². The van der Waals surface area contributed by atoms with Crippen LogP contribution in [-0.2, 0) is 14.4 Å². The van der Waals surface area contributed by atoms with Crippen molar-refractivity contribution in [3.05, 3.63) is 0 Å². The average molecular weight is 224 g/mol. The number of hydrogen-bond donors (Lipinski definition) is 0. The van der Waals surface area contributed by atoms with E-state index in [1.807, 2.05) is 0 Å². The summed E-state index contributed by atoms with van der Waals surface area (Å²) >= 11 is 0. The topological polar surface area (TPSA) is 77.5 Å². The number of carboxylic acids is 1. The Hall–Kier alpha value is -1.39. The molecule has 5 nitrogen and oxygen atoms in total. The molecule has 0 aromatic carbocycles. The largest absolute Gasteiger partial charge is 0.550 e. The highest BCUT2D eigenvalue weighted by Gasteiger charge is 2.47. The van der Waals surface area contributed by atoms with Crippen molar-refractivity contribution < 1.29 is 19.5 Å². The van der Waals surface area contributed by atoms with Crippen LogP contribution in [0, 0.1) is 11.8 Å². The van der Waals surface area contributed by atoms with Gasteiger partial charge in [-0.3, -0.25) is 14.5 Å². The first-order valence-corrected chi connectivity index (χ1v) is 5.66. The number of fused-ring (bicyclic) bond motifs is 1. The lowest BCUT2D eigenvalue weighted by Gasteiger charge is -2.19. The van der Waals surface area contributed by atoms with Crippen LogP contribution < -0.4 is 5.11 Å². The SMILES string of the molecule is O=C([O-])CCN1C(=O)C2CCCCC2C1=O. The number of imide groups is 1. The first kappa shape index (κ1) is 11.1. The molecule has 0 bridgehead atoms. The maximum atomic E-state index is 11.9. The zero-order valence-corrected chi connectivity index (χ0v) is 8.98. The van der Waals surface area contributed by atoms with E-state index in [4.69, 9.17) is 0 Å². The van der Waals surface area contributed by atoms with E-state index >= 15 is 0 Å². The molecule has 0 N–H and O–H groups in total. The van der Waals surface area contributed by atoms with E-state index in [0.717, 1.165) is 30.6 Å². The summed E-state index contributed by atoms with van der Waals surface area (Å²) in [6.07, 6.45) is 3.22. The predicted octanol–water partition coefficient (Wildman–Crippen LogP) is -0.698. The van der Waals surface area contributed by atoms with Crippen molar-refractivity contribution in [2.75, 3.05) is 6.54 Å². The molecule has 2 aliphatic rings. The lowest BCUT2D eigenvalue weighted by atomic mass is 9.81. The number of carbonyl (C=O) groups is 3. The fourth-order valence-electron chi connectivity index (χ4n) is 2.65. The van der Waals surface area contributed by atoms with Crippen LogP contribution in [0.2, 0.25) is 0 Å². The molecule has 0 radical (unpaired) electrons. The van der Waals surface area contributed by atoms with Gasteiger partial charge >= 0.3 is 0 Å². The second-order valence-electron chi connectivity index (χ2n) is 4.45. The number of aliphatic carboxylic acids is 1.